The number of allylic oxidation sites excluding steroid dienone is 1. The average molecular weight is 391 g/mol. The van der Waals surface area contributed by atoms with Gasteiger partial charge in [0.05, 0.1) is 6.42 Å². The van der Waals surface area contributed by atoms with Gasteiger partial charge in [-0.3, -0.25) is 18.2 Å². The normalized spacial score (nSPS) is 20.9. The van der Waals surface area contributed by atoms with Gasteiger partial charge in [-0.1, -0.05) is 6.08 Å². The summed E-state index contributed by atoms with van der Waals surface area (Å²) >= 11 is 0. The molecule has 2 aliphatic heterocycles. The Morgan fingerprint density at radius 2 is 2.00 bits per heavy atom. The van der Waals surface area contributed by atoms with Crippen molar-refractivity contribution in [2.75, 3.05) is 0 Å². The molecule has 1 aromatic heterocycles. The number of amides is 2. The van der Waals surface area contributed by atoms with E-state index in [9.17, 15) is 23.0 Å². The van der Waals surface area contributed by atoms with E-state index in [1.807, 2.05) is 0 Å². The highest BCUT2D eigenvalue weighted by molar-refractivity contribution is 6.40. The van der Waals surface area contributed by atoms with E-state index in [0.29, 0.717) is 28.6 Å². The molecule has 1 aromatic rings. The predicted molar refractivity (Wildman–Crippen MR) is 97.3 cm³/mol. The predicted octanol–water partition coefficient (Wildman–Crippen LogP) is 2.47. The molecule has 28 heavy (non-hydrogen) atoms. The second-order valence-corrected chi connectivity index (χ2v) is 6.79. The largest absolute Gasteiger partial charge is 0.673 e. The first kappa shape index (κ1) is 19.8. The molecule has 0 bridgehead atoms. The fraction of sp³-hybridized carbons (Fsp3) is 0.389. The molecular formula is C18H20BF2N3O4. The molecule has 1 unspecified atom stereocenters. The Morgan fingerprint density at radius 3 is 2.64 bits per heavy atom. The molecule has 1 saturated heterocycles. The van der Waals surface area contributed by atoms with E-state index < -0.39 is 25.2 Å². The summed E-state index contributed by atoms with van der Waals surface area (Å²) in [6.07, 6.45) is 3.77. The SMILES string of the molecule is CC1=CC(C)N(B(F)F)/C1=C\c1ccc(CCC(=O)ON2C(=O)CCC2=O)[nH]1. The lowest BCUT2D eigenvalue weighted by Crippen LogP contribution is -2.35. The molecule has 3 rings (SSSR count). The number of rotatable bonds is 6. The molecule has 2 aliphatic rings. The third kappa shape index (κ3) is 4.15. The lowest BCUT2D eigenvalue weighted by Gasteiger charge is -2.22. The topological polar surface area (TPSA) is 82.7 Å². The first-order valence-corrected chi connectivity index (χ1v) is 8.97. The zero-order valence-electron chi connectivity index (χ0n) is 15.6. The molecule has 0 saturated carbocycles. The van der Waals surface area contributed by atoms with Crippen LogP contribution in [0.5, 0.6) is 0 Å². The number of aryl methyl sites for hydroxylation is 1. The molecule has 1 fully saturated rings. The summed E-state index contributed by atoms with van der Waals surface area (Å²) in [4.78, 5) is 43.7. The van der Waals surface area contributed by atoms with Crippen molar-refractivity contribution in [2.24, 2.45) is 0 Å². The van der Waals surface area contributed by atoms with Gasteiger partial charge in [-0.2, -0.15) is 0 Å². The number of aromatic amines is 1. The molecule has 10 heteroatoms. The third-order valence-corrected chi connectivity index (χ3v) is 4.68. The Kier molecular flexibility index (Phi) is 5.67. The summed E-state index contributed by atoms with van der Waals surface area (Å²) in [6, 6.07) is 3.10. The quantitative estimate of drug-likeness (QED) is 0.595. The first-order valence-electron chi connectivity index (χ1n) is 8.97. The van der Waals surface area contributed by atoms with Gasteiger partial charge in [0.15, 0.2) is 0 Å². The van der Waals surface area contributed by atoms with Crippen LogP contribution in [0.15, 0.2) is 29.5 Å². The van der Waals surface area contributed by atoms with Crippen LogP contribution >= 0.6 is 0 Å². The lowest BCUT2D eigenvalue weighted by atomic mass is 10.1. The van der Waals surface area contributed by atoms with Crippen molar-refractivity contribution in [3.8, 4) is 0 Å². The number of imide groups is 1. The van der Waals surface area contributed by atoms with Gasteiger partial charge in [-0.15, -0.1) is 5.06 Å². The van der Waals surface area contributed by atoms with Gasteiger partial charge in [-0.05, 0) is 44.1 Å². The van der Waals surface area contributed by atoms with Crippen LogP contribution < -0.4 is 0 Å². The van der Waals surface area contributed by atoms with Gasteiger partial charge in [0.1, 0.15) is 0 Å². The van der Waals surface area contributed by atoms with Crippen molar-refractivity contribution in [1.82, 2.24) is 14.9 Å². The Labute approximate surface area is 161 Å². The Hall–Kier alpha value is -2.91. The third-order valence-electron chi connectivity index (χ3n) is 4.68. The minimum atomic E-state index is -2.60. The summed E-state index contributed by atoms with van der Waals surface area (Å²) < 4.78 is 26.6. The number of nitrogens with zero attached hydrogens (tertiary/aromatic N) is 2. The van der Waals surface area contributed by atoms with E-state index in [4.69, 9.17) is 4.84 Å². The minimum Gasteiger partial charge on any atom is -0.359 e. The summed E-state index contributed by atoms with van der Waals surface area (Å²) in [6.45, 7) is 3.49. The molecule has 3 heterocycles. The maximum atomic E-state index is 13.3. The lowest BCUT2D eigenvalue weighted by molar-refractivity contribution is -0.197. The van der Waals surface area contributed by atoms with Crippen LogP contribution in [0.1, 0.15) is 44.5 Å². The minimum absolute atomic E-state index is 0.0350. The van der Waals surface area contributed by atoms with Crippen molar-refractivity contribution >= 4 is 31.3 Å². The standard InChI is InChI=1S/C18H20BF2N3O4/c1-11-9-12(2)23(19(20)21)15(11)10-14-4-3-13(22-14)5-8-18(27)28-24-16(25)6-7-17(24)26/h3-4,9-10,12,22H,5-8H2,1-2H3/b15-10-. The monoisotopic (exact) mass is 391 g/mol. The second kappa shape index (κ2) is 7.99. The van der Waals surface area contributed by atoms with Gasteiger partial charge in [0, 0.05) is 36.0 Å². The van der Waals surface area contributed by atoms with E-state index >= 15 is 0 Å². The van der Waals surface area contributed by atoms with E-state index in [-0.39, 0.29) is 25.3 Å². The number of hydrogen-bond donors (Lipinski definition) is 1. The maximum absolute atomic E-state index is 13.3. The van der Waals surface area contributed by atoms with Crippen molar-refractivity contribution in [3.63, 3.8) is 0 Å². The van der Waals surface area contributed by atoms with E-state index in [2.05, 4.69) is 4.98 Å². The van der Waals surface area contributed by atoms with Gasteiger partial charge >= 0.3 is 13.4 Å². The molecule has 1 atom stereocenters. The molecule has 148 valence electrons. The van der Waals surface area contributed by atoms with Crippen molar-refractivity contribution < 1.29 is 27.9 Å². The Bertz CT molecular complexity index is 849. The van der Waals surface area contributed by atoms with Crippen LogP contribution in [0.2, 0.25) is 0 Å². The number of hydrogen-bond acceptors (Lipinski definition) is 5. The van der Waals surface area contributed by atoms with Crippen LogP contribution in [0.25, 0.3) is 6.08 Å². The summed E-state index contributed by atoms with van der Waals surface area (Å²) in [7, 11) is -2.60. The molecule has 0 aliphatic carbocycles. The number of hydroxylamine groups is 2. The van der Waals surface area contributed by atoms with E-state index in [1.54, 1.807) is 38.1 Å². The Morgan fingerprint density at radius 1 is 1.32 bits per heavy atom. The average Bonchev–Trinajstić information content (AvgIpc) is 3.28. The second-order valence-electron chi connectivity index (χ2n) is 6.79. The van der Waals surface area contributed by atoms with Crippen molar-refractivity contribution in [3.05, 3.63) is 40.9 Å². The molecule has 0 aromatic carbocycles. The van der Waals surface area contributed by atoms with Gasteiger partial charge in [-0.25, -0.2) is 4.79 Å². The zero-order valence-corrected chi connectivity index (χ0v) is 15.6. The number of aromatic nitrogens is 1. The van der Waals surface area contributed by atoms with Crippen LogP contribution in [0.3, 0.4) is 0 Å². The summed E-state index contributed by atoms with van der Waals surface area (Å²) in [5, 5.41) is 0.516. The van der Waals surface area contributed by atoms with E-state index in [0.717, 1.165) is 10.4 Å². The molecular weight excluding hydrogens is 371 g/mol. The van der Waals surface area contributed by atoms with Gasteiger partial charge in [0.25, 0.3) is 11.8 Å². The number of H-pyrrole nitrogens is 1. The highest BCUT2D eigenvalue weighted by Crippen LogP contribution is 2.30. The molecule has 0 radical (unpaired) electrons. The van der Waals surface area contributed by atoms with Crippen molar-refractivity contribution in [1.29, 1.82) is 0 Å². The van der Waals surface area contributed by atoms with Gasteiger partial charge < -0.3 is 14.6 Å². The highest BCUT2D eigenvalue weighted by atomic mass is 19.2. The summed E-state index contributed by atoms with van der Waals surface area (Å²) in [5.74, 6) is -1.74. The molecule has 1 N–H and O–H groups in total. The number of carbonyl (C=O) groups excluding carboxylic acids is 3. The molecule has 0 spiro atoms. The van der Waals surface area contributed by atoms with Gasteiger partial charge in [0.2, 0.25) is 0 Å². The number of carbonyl (C=O) groups is 3. The fourth-order valence-corrected chi connectivity index (χ4v) is 3.30. The molecule has 2 amide bonds. The molecule has 7 nitrogen and oxygen atoms in total. The maximum Gasteiger partial charge on any atom is 0.673 e. The number of nitrogens with one attached hydrogen (secondary N) is 1. The zero-order chi connectivity index (χ0) is 20.4. The van der Waals surface area contributed by atoms with Crippen LogP contribution in [-0.4, -0.2) is 46.1 Å². The smallest absolute Gasteiger partial charge is 0.359 e. The highest BCUT2D eigenvalue weighted by Gasteiger charge is 2.35. The number of halogens is 2. The van der Waals surface area contributed by atoms with Crippen LogP contribution in [-0.2, 0) is 25.6 Å². The summed E-state index contributed by atoms with van der Waals surface area (Å²) in [5.41, 5.74) is 2.56. The van der Waals surface area contributed by atoms with Crippen molar-refractivity contribution in [2.45, 2.75) is 45.6 Å². The van der Waals surface area contributed by atoms with Crippen LogP contribution in [0.4, 0.5) is 8.63 Å². The fourth-order valence-electron chi connectivity index (χ4n) is 3.30. The van der Waals surface area contributed by atoms with Crippen LogP contribution in [0, 0.1) is 0 Å². The van der Waals surface area contributed by atoms with E-state index in [1.165, 1.54) is 0 Å². The Balaban J connectivity index is 1.60. The first-order chi connectivity index (χ1) is 13.3.